The summed E-state index contributed by atoms with van der Waals surface area (Å²) in [6.07, 6.45) is 0.0833. The van der Waals surface area contributed by atoms with Gasteiger partial charge in [0.15, 0.2) is 23.0 Å². The van der Waals surface area contributed by atoms with Gasteiger partial charge in [-0.3, -0.25) is 4.79 Å². The maximum Gasteiger partial charge on any atom is 0.224 e. The molecule has 25 heavy (non-hydrogen) atoms. The lowest BCUT2D eigenvalue weighted by Gasteiger charge is -2.26. The van der Waals surface area contributed by atoms with Crippen LogP contribution in [0.5, 0.6) is 23.0 Å². The molecule has 0 aromatic heterocycles. The molecule has 0 unspecified atom stereocenters. The molecule has 1 atom stereocenters. The third-order valence-corrected chi connectivity index (χ3v) is 4.07. The first kappa shape index (κ1) is 15.6. The van der Waals surface area contributed by atoms with Gasteiger partial charge in [-0.2, -0.15) is 0 Å². The Hall–Kier alpha value is -2.89. The number of rotatable bonds is 4. The third-order valence-electron chi connectivity index (χ3n) is 4.07. The second kappa shape index (κ2) is 6.93. The lowest BCUT2D eigenvalue weighted by Crippen LogP contribution is -2.41. The van der Waals surface area contributed by atoms with Crippen LogP contribution >= 0.6 is 0 Å². The van der Waals surface area contributed by atoms with E-state index in [4.69, 9.17) is 18.9 Å². The van der Waals surface area contributed by atoms with E-state index >= 15 is 0 Å². The SMILES string of the molecule is O=C(Cc1ccc2c(c1)OCCO2)NC[C@H]1COc2ccccc2O1. The number of carbonyl (C=O) groups excluding carboxylic acids is 1. The van der Waals surface area contributed by atoms with Gasteiger partial charge in [0.1, 0.15) is 25.9 Å². The van der Waals surface area contributed by atoms with Gasteiger partial charge in [-0.15, -0.1) is 0 Å². The summed E-state index contributed by atoms with van der Waals surface area (Å²) >= 11 is 0. The standard InChI is InChI=1S/C19H19NO5/c21-19(10-13-5-6-16-18(9-13)23-8-7-22-16)20-11-14-12-24-15-3-1-2-4-17(15)25-14/h1-6,9,14H,7-8,10-12H2,(H,20,21)/t14-/m0/s1. The molecule has 0 saturated carbocycles. The van der Waals surface area contributed by atoms with Crippen LogP contribution in [-0.2, 0) is 11.2 Å². The quantitative estimate of drug-likeness (QED) is 0.921. The van der Waals surface area contributed by atoms with E-state index in [0.717, 1.165) is 17.1 Å². The number of fused-ring (bicyclic) bond motifs is 2. The molecule has 2 heterocycles. The highest BCUT2D eigenvalue weighted by molar-refractivity contribution is 5.78. The molecule has 0 saturated heterocycles. The van der Waals surface area contributed by atoms with Gasteiger partial charge in [-0.25, -0.2) is 0 Å². The Bertz CT molecular complexity index is 776. The van der Waals surface area contributed by atoms with Gasteiger partial charge < -0.3 is 24.3 Å². The average molecular weight is 341 g/mol. The van der Waals surface area contributed by atoms with Crippen molar-refractivity contribution in [3.63, 3.8) is 0 Å². The third kappa shape index (κ3) is 3.63. The van der Waals surface area contributed by atoms with Crippen molar-refractivity contribution in [3.8, 4) is 23.0 Å². The fraction of sp³-hybridized carbons (Fsp3) is 0.316. The number of amides is 1. The van der Waals surface area contributed by atoms with E-state index in [1.807, 2.05) is 42.5 Å². The number of nitrogens with one attached hydrogen (secondary N) is 1. The van der Waals surface area contributed by atoms with Crippen molar-refractivity contribution in [1.82, 2.24) is 5.32 Å². The van der Waals surface area contributed by atoms with E-state index in [9.17, 15) is 4.79 Å². The Morgan fingerprint density at radius 2 is 1.72 bits per heavy atom. The van der Waals surface area contributed by atoms with E-state index < -0.39 is 0 Å². The molecule has 6 heteroatoms. The molecular weight excluding hydrogens is 322 g/mol. The van der Waals surface area contributed by atoms with Gasteiger partial charge in [-0.1, -0.05) is 18.2 Å². The van der Waals surface area contributed by atoms with Crippen molar-refractivity contribution in [3.05, 3.63) is 48.0 Å². The second-order valence-electron chi connectivity index (χ2n) is 5.96. The van der Waals surface area contributed by atoms with Crippen molar-refractivity contribution >= 4 is 5.91 Å². The summed E-state index contributed by atoms with van der Waals surface area (Å²) < 4.78 is 22.5. The molecule has 6 nitrogen and oxygen atoms in total. The number of para-hydroxylation sites is 2. The fourth-order valence-corrected chi connectivity index (χ4v) is 2.84. The van der Waals surface area contributed by atoms with E-state index in [-0.39, 0.29) is 18.4 Å². The van der Waals surface area contributed by atoms with E-state index in [2.05, 4.69) is 5.32 Å². The summed E-state index contributed by atoms with van der Waals surface area (Å²) in [7, 11) is 0. The van der Waals surface area contributed by atoms with E-state index in [1.165, 1.54) is 0 Å². The lowest BCUT2D eigenvalue weighted by molar-refractivity contribution is -0.120. The Labute approximate surface area is 145 Å². The largest absolute Gasteiger partial charge is 0.486 e. The zero-order valence-corrected chi connectivity index (χ0v) is 13.7. The molecule has 0 bridgehead atoms. The predicted molar refractivity (Wildman–Crippen MR) is 90.5 cm³/mol. The topological polar surface area (TPSA) is 66.0 Å². The normalized spacial score (nSPS) is 17.7. The highest BCUT2D eigenvalue weighted by Crippen LogP contribution is 2.31. The minimum Gasteiger partial charge on any atom is -0.486 e. The molecule has 130 valence electrons. The molecule has 2 aliphatic heterocycles. The van der Waals surface area contributed by atoms with Crippen LogP contribution in [0.1, 0.15) is 5.56 Å². The average Bonchev–Trinajstić information content (AvgIpc) is 2.66. The van der Waals surface area contributed by atoms with Crippen LogP contribution < -0.4 is 24.3 Å². The maximum absolute atomic E-state index is 12.2. The summed E-state index contributed by atoms with van der Waals surface area (Å²) in [5, 5.41) is 2.90. The summed E-state index contributed by atoms with van der Waals surface area (Å²) in [6.45, 7) is 1.90. The molecule has 2 aromatic carbocycles. The lowest BCUT2D eigenvalue weighted by atomic mass is 10.1. The van der Waals surface area contributed by atoms with Crippen LogP contribution in [0.4, 0.5) is 0 Å². The summed E-state index contributed by atoms with van der Waals surface area (Å²) in [5.41, 5.74) is 0.882. The van der Waals surface area contributed by atoms with Gasteiger partial charge in [0.2, 0.25) is 5.91 Å². The molecule has 2 aliphatic rings. The Morgan fingerprint density at radius 1 is 0.960 bits per heavy atom. The van der Waals surface area contributed by atoms with Crippen molar-refractivity contribution in [2.75, 3.05) is 26.4 Å². The minimum atomic E-state index is -0.195. The van der Waals surface area contributed by atoms with Crippen LogP contribution in [-0.4, -0.2) is 38.4 Å². The summed E-state index contributed by atoms with van der Waals surface area (Å²) in [4.78, 5) is 12.2. The first-order valence-electron chi connectivity index (χ1n) is 8.31. The number of hydrogen-bond donors (Lipinski definition) is 1. The second-order valence-corrected chi connectivity index (χ2v) is 5.96. The summed E-state index contributed by atoms with van der Waals surface area (Å²) in [5.74, 6) is 2.79. The van der Waals surface area contributed by atoms with Crippen molar-refractivity contribution < 1.29 is 23.7 Å². The van der Waals surface area contributed by atoms with Crippen LogP contribution in [0.15, 0.2) is 42.5 Å². The number of ether oxygens (including phenoxy) is 4. The molecule has 0 spiro atoms. The molecule has 1 N–H and O–H groups in total. The van der Waals surface area contributed by atoms with E-state index in [1.54, 1.807) is 0 Å². The Kier molecular flexibility index (Phi) is 4.33. The smallest absolute Gasteiger partial charge is 0.224 e. The first-order chi connectivity index (χ1) is 12.3. The maximum atomic E-state index is 12.2. The van der Waals surface area contributed by atoms with Gasteiger partial charge in [0, 0.05) is 0 Å². The van der Waals surface area contributed by atoms with Gasteiger partial charge in [0.05, 0.1) is 13.0 Å². The highest BCUT2D eigenvalue weighted by Gasteiger charge is 2.21. The van der Waals surface area contributed by atoms with Gasteiger partial charge in [-0.05, 0) is 29.8 Å². The van der Waals surface area contributed by atoms with Crippen LogP contribution in [0, 0.1) is 0 Å². The molecule has 0 aliphatic carbocycles. The molecule has 0 fully saturated rings. The van der Waals surface area contributed by atoms with Gasteiger partial charge in [0.25, 0.3) is 0 Å². The molecular formula is C19H19NO5. The van der Waals surface area contributed by atoms with Crippen LogP contribution in [0.3, 0.4) is 0 Å². The molecule has 2 aromatic rings. The number of benzene rings is 2. The monoisotopic (exact) mass is 341 g/mol. The van der Waals surface area contributed by atoms with Crippen LogP contribution in [0.2, 0.25) is 0 Å². The summed E-state index contributed by atoms with van der Waals surface area (Å²) in [6, 6.07) is 13.1. The van der Waals surface area contributed by atoms with Crippen molar-refractivity contribution in [1.29, 1.82) is 0 Å². The molecule has 4 rings (SSSR count). The number of hydrogen-bond acceptors (Lipinski definition) is 5. The van der Waals surface area contributed by atoms with Gasteiger partial charge >= 0.3 is 0 Å². The fourth-order valence-electron chi connectivity index (χ4n) is 2.84. The predicted octanol–water partition coefficient (Wildman–Crippen LogP) is 1.96. The Morgan fingerprint density at radius 3 is 2.60 bits per heavy atom. The van der Waals surface area contributed by atoms with Crippen LogP contribution in [0.25, 0.3) is 0 Å². The zero-order chi connectivity index (χ0) is 17.1. The number of carbonyl (C=O) groups is 1. The van der Waals surface area contributed by atoms with Crippen molar-refractivity contribution in [2.45, 2.75) is 12.5 Å². The first-order valence-corrected chi connectivity index (χ1v) is 8.31. The highest BCUT2D eigenvalue weighted by atomic mass is 16.6. The van der Waals surface area contributed by atoms with E-state index in [0.29, 0.717) is 37.9 Å². The zero-order valence-electron chi connectivity index (χ0n) is 13.7. The minimum absolute atomic E-state index is 0.0702. The Balaban J connectivity index is 1.30. The molecule has 0 radical (unpaired) electrons. The molecule has 1 amide bonds. The van der Waals surface area contributed by atoms with Crippen molar-refractivity contribution in [2.24, 2.45) is 0 Å².